The van der Waals surface area contributed by atoms with Crippen LogP contribution in [-0.4, -0.2) is 4.98 Å². The van der Waals surface area contributed by atoms with Gasteiger partial charge in [0.1, 0.15) is 0 Å². The van der Waals surface area contributed by atoms with Crippen molar-refractivity contribution in [3.05, 3.63) is 29.6 Å². The molecule has 0 amide bonds. The highest BCUT2D eigenvalue weighted by molar-refractivity contribution is 5.20. The van der Waals surface area contributed by atoms with Crippen molar-refractivity contribution in [1.29, 1.82) is 0 Å². The second kappa shape index (κ2) is 4.12. The molecule has 1 aromatic heterocycles. The number of nitrogens with zero attached hydrogens (tertiary/aromatic N) is 1. The smallest absolute Gasteiger partial charge is 0.0429 e. The maximum atomic E-state index is 4.52. The summed E-state index contributed by atoms with van der Waals surface area (Å²) in [6.45, 7) is 4.38. The van der Waals surface area contributed by atoms with E-state index in [-0.39, 0.29) is 0 Å². The molecule has 14 heavy (non-hydrogen) atoms. The van der Waals surface area contributed by atoms with Gasteiger partial charge in [0.2, 0.25) is 0 Å². The third-order valence-corrected chi connectivity index (χ3v) is 3.23. The van der Waals surface area contributed by atoms with Gasteiger partial charge in [0.25, 0.3) is 0 Å². The lowest BCUT2D eigenvalue weighted by Crippen LogP contribution is -1.97. The summed E-state index contributed by atoms with van der Waals surface area (Å²) in [6, 6.07) is 4.47. The van der Waals surface area contributed by atoms with Gasteiger partial charge in [0.15, 0.2) is 0 Å². The lowest BCUT2D eigenvalue weighted by molar-refractivity contribution is 0.713. The molecule has 1 fully saturated rings. The molecule has 0 aliphatic heterocycles. The van der Waals surface area contributed by atoms with Crippen LogP contribution < -0.4 is 0 Å². The van der Waals surface area contributed by atoms with Gasteiger partial charge < -0.3 is 0 Å². The molecule has 0 unspecified atom stereocenters. The van der Waals surface area contributed by atoms with Gasteiger partial charge in [-0.05, 0) is 36.3 Å². The molecule has 1 nitrogen and oxygen atoms in total. The van der Waals surface area contributed by atoms with Crippen LogP contribution in [0.3, 0.4) is 0 Å². The molecular formula is C13H19N. The summed E-state index contributed by atoms with van der Waals surface area (Å²) in [4.78, 5) is 4.52. The van der Waals surface area contributed by atoms with Crippen LogP contribution in [0.5, 0.6) is 0 Å². The Morgan fingerprint density at radius 1 is 1.21 bits per heavy atom. The molecule has 0 saturated heterocycles. The topological polar surface area (TPSA) is 12.9 Å². The summed E-state index contributed by atoms with van der Waals surface area (Å²) < 4.78 is 0. The molecule has 1 aliphatic rings. The normalized spacial score (nSPS) is 17.9. The molecule has 0 aromatic carbocycles. The van der Waals surface area contributed by atoms with Gasteiger partial charge in [-0.15, -0.1) is 0 Å². The van der Waals surface area contributed by atoms with Crippen LogP contribution in [-0.2, 0) is 0 Å². The van der Waals surface area contributed by atoms with E-state index in [0.717, 1.165) is 5.92 Å². The number of aromatic nitrogens is 1. The second-order valence-electron chi connectivity index (χ2n) is 4.65. The summed E-state index contributed by atoms with van der Waals surface area (Å²) in [7, 11) is 0. The molecule has 1 heterocycles. The van der Waals surface area contributed by atoms with Crippen molar-refractivity contribution in [2.24, 2.45) is 0 Å². The lowest BCUT2D eigenvalue weighted by atomic mass is 9.98. The third-order valence-electron chi connectivity index (χ3n) is 3.23. The minimum Gasteiger partial charge on any atom is -0.261 e. The van der Waals surface area contributed by atoms with Gasteiger partial charge in [-0.25, -0.2) is 0 Å². The van der Waals surface area contributed by atoms with E-state index in [1.54, 1.807) is 0 Å². The molecule has 0 spiro atoms. The Hall–Kier alpha value is -0.850. The van der Waals surface area contributed by atoms with Crippen molar-refractivity contribution in [3.8, 4) is 0 Å². The predicted molar refractivity (Wildman–Crippen MR) is 59.5 cm³/mol. The van der Waals surface area contributed by atoms with Crippen molar-refractivity contribution < 1.29 is 0 Å². The first-order valence-electron chi connectivity index (χ1n) is 5.73. The molecule has 1 aliphatic carbocycles. The van der Waals surface area contributed by atoms with Crippen LogP contribution in [0.15, 0.2) is 18.3 Å². The Balaban J connectivity index is 2.12. The molecule has 0 bridgehead atoms. The molecule has 0 atom stereocenters. The zero-order valence-electron chi connectivity index (χ0n) is 9.16. The Bertz CT molecular complexity index is 281. The van der Waals surface area contributed by atoms with Gasteiger partial charge in [-0.1, -0.05) is 32.8 Å². The van der Waals surface area contributed by atoms with Crippen molar-refractivity contribution >= 4 is 0 Å². The SMILES string of the molecule is CC(C)c1ccc(C2CCCC2)cn1. The van der Waals surface area contributed by atoms with Gasteiger partial charge in [-0.2, -0.15) is 0 Å². The fraction of sp³-hybridized carbons (Fsp3) is 0.615. The van der Waals surface area contributed by atoms with Crippen molar-refractivity contribution in [2.75, 3.05) is 0 Å². The Kier molecular flexibility index (Phi) is 2.85. The van der Waals surface area contributed by atoms with Gasteiger partial charge in [0, 0.05) is 11.9 Å². The van der Waals surface area contributed by atoms with Crippen LogP contribution in [0.4, 0.5) is 0 Å². The highest BCUT2D eigenvalue weighted by Gasteiger charge is 2.17. The highest BCUT2D eigenvalue weighted by atomic mass is 14.7. The molecule has 1 heteroatoms. The zero-order chi connectivity index (χ0) is 9.97. The first-order chi connectivity index (χ1) is 6.77. The van der Waals surface area contributed by atoms with Crippen LogP contribution in [0.1, 0.15) is 62.6 Å². The first kappa shape index (κ1) is 9.70. The molecule has 2 rings (SSSR count). The summed E-state index contributed by atoms with van der Waals surface area (Å²) in [5, 5.41) is 0. The fourth-order valence-corrected chi connectivity index (χ4v) is 2.26. The monoisotopic (exact) mass is 189 g/mol. The summed E-state index contributed by atoms with van der Waals surface area (Å²) in [5.41, 5.74) is 2.67. The zero-order valence-corrected chi connectivity index (χ0v) is 9.16. The Labute approximate surface area is 86.6 Å². The van der Waals surface area contributed by atoms with E-state index < -0.39 is 0 Å². The Morgan fingerprint density at radius 3 is 2.43 bits per heavy atom. The third kappa shape index (κ3) is 1.97. The van der Waals surface area contributed by atoms with Crippen molar-refractivity contribution in [3.63, 3.8) is 0 Å². The van der Waals surface area contributed by atoms with E-state index >= 15 is 0 Å². The number of hydrogen-bond donors (Lipinski definition) is 0. The number of rotatable bonds is 2. The quantitative estimate of drug-likeness (QED) is 0.688. The molecule has 76 valence electrons. The van der Waals surface area contributed by atoms with Gasteiger partial charge in [0.05, 0.1) is 0 Å². The van der Waals surface area contributed by atoms with E-state index in [0.29, 0.717) is 5.92 Å². The second-order valence-corrected chi connectivity index (χ2v) is 4.65. The average Bonchev–Trinajstić information content (AvgIpc) is 2.71. The van der Waals surface area contributed by atoms with Crippen LogP contribution in [0.2, 0.25) is 0 Å². The van der Waals surface area contributed by atoms with Gasteiger partial charge >= 0.3 is 0 Å². The Morgan fingerprint density at radius 2 is 1.93 bits per heavy atom. The van der Waals surface area contributed by atoms with Crippen LogP contribution >= 0.6 is 0 Å². The maximum absolute atomic E-state index is 4.52. The largest absolute Gasteiger partial charge is 0.261 e. The molecular weight excluding hydrogens is 170 g/mol. The fourth-order valence-electron chi connectivity index (χ4n) is 2.26. The number of hydrogen-bond acceptors (Lipinski definition) is 1. The van der Waals surface area contributed by atoms with E-state index in [4.69, 9.17) is 0 Å². The molecule has 1 saturated carbocycles. The molecule has 0 N–H and O–H groups in total. The van der Waals surface area contributed by atoms with Crippen LogP contribution in [0, 0.1) is 0 Å². The van der Waals surface area contributed by atoms with Crippen molar-refractivity contribution in [2.45, 2.75) is 51.4 Å². The van der Waals surface area contributed by atoms with E-state index in [2.05, 4.69) is 37.2 Å². The van der Waals surface area contributed by atoms with Crippen molar-refractivity contribution in [1.82, 2.24) is 4.98 Å². The van der Waals surface area contributed by atoms with E-state index in [1.807, 2.05) is 0 Å². The van der Waals surface area contributed by atoms with E-state index in [1.165, 1.54) is 36.9 Å². The summed E-state index contributed by atoms with van der Waals surface area (Å²) in [5.74, 6) is 1.34. The maximum Gasteiger partial charge on any atom is 0.0429 e. The first-order valence-corrected chi connectivity index (χ1v) is 5.73. The van der Waals surface area contributed by atoms with Crippen LogP contribution in [0.25, 0.3) is 0 Å². The van der Waals surface area contributed by atoms with E-state index in [9.17, 15) is 0 Å². The molecule has 1 aromatic rings. The lowest BCUT2D eigenvalue weighted by Gasteiger charge is -2.10. The summed E-state index contributed by atoms with van der Waals surface area (Å²) in [6.07, 6.45) is 7.62. The summed E-state index contributed by atoms with van der Waals surface area (Å²) >= 11 is 0. The minimum atomic E-state index is 0.549. The minimum absolute atomic E-state index is 0.549. The highest BCUT2D eigenvalue weighted by Crippen LogP contribution is 2.33. The van der Waals surface area contributed by atoms with Gasteiger partial charge in [-0.3, -0.25) is 4.98 Å². The molecule has 0 radical (unpaired) electrons. The standard InChI is InChI=1S/C13H19N/c1-10(2)13-8-7-12(9-14-13)11-5-3-4-6-11/h7-11H,3-6H2,1-2H3. The number of pyridine rings is 1. The average molecular weight is 189 g/mol. The predicted octanol–water partition coefficient (Wildman–Crippen LogP) is 3.86.